The molecule has 1 N–H and O–H groups in total. The molecule has 0 bridgehead atoms. The molecule has 32 heavy (non-hydrogen) atoms. The zero-order valence-electron chi connectivity index (χ0n) is 17.7. The van der Waals surface area contributed by atoms with E-state index < -0.39 is 0 Å². The van der Waals surface area contributed by atoms with Gasteiger partial charge in [-0.15, -0.1) is 0 Å². The second-order valence-corrected chi connectivity index (χ2v) is 7.99. The Labute approximate surface area is 185 Å². The van der Waals surface area contributed by atoms with Crippen LogP contribution in [0, 0.1) is 13.8 Å². The molecule has 0 fully saturated rings. The number of hydrogen-bond donors (Lipinski definition) is 1. The Balaban J connectivity index is 1.57. The van der Waals surface area contributed by atoms with Gasteiger partial charge in [-0.1, -0.05) is 24.3 Å². The number of phenolic OH excluding ortho intramolecular Hbond substituents is 1. The topological polar surface area (TPSA) is 76.1 Å². The molecule has 0 atom stereocenters. The largest absolute Gasteiger partial charge is 0.507 e. The van der Waals surface area contributed by atoms with Crippen LogP contribution in [0.1, 0.15) is 38.2 Å². The first-order chi connectivity index (χ1) is 15.4. The number of carbonyl (C=O) groups is 2. The van der Waals surface area contributed by atoms with Crippen LogP contribution in [0.2, 0.25) is 0 Å². The van der Waals surface area contributed by atoms with E-state index >= 15 is 0 Å². The minimum atomic E-state index is -0.366. The summed E-state index contributed by atoms with van der Waals surface area (Å²) in [6.07, 6.45) is 1.78. The highest BCUT2D eigenvalue weighted by Gasteiger charge is 2.35. The highest BCUT2D eigenvalue weighted by atomic mass is 16.7. The molecule has 2 aliphatic rings. The smallest absolute Gasteiger partial charge is 0.261 e. The molecular formula is C26H21NO5. The van der Waals surface area contributed by atoms with Gasteiger partial charge in [0.05, 0.1) is 6.54 Å². The van der Waals surface area contributed by atoms with Gasteiger partial charge in [-0.25, -0.2) is 0 Å². The Hall–Kier alpha value is -4.06. The first kappa shape index (κ1) is 19.9. The molecule has 6 nitrogen and oxygen atoms in total. The van der Waals surface area contributed by atoms with Gasteiger partial charge in [0, 0.05) is 11.1 Å². The van der Waals surface area contributed by atoms with Gasteiger partial charge in [-0.3, -0.25) is 14.5 Å². The Morgan fingerprint density at radius 3 is 2.34 bits per heavy atom. The lowest BCUT2D eigenvalue weighted by atomic mass is 9.91. The number of phenols is 1. The quantitative estimate of drug-likeness (QED) is 0.493. The number of carbonyl (C=O) groups excluding carboxylic acids is 2. The number of aryl methyl sites for hydroxylation is 2. The van der Waals surface area contributed by atoms with E-state index in [0.29, 0.717) is 28.2 Å². The van der Waals surface area contributed by atoms with Crippen molar-refractivity contribution in [3.05, 3.63) is 88.0 Å². The van der Waals surface area contributed by atoms with E-state index in [-0.39, 0.29) is 30.9 Å². The van der Waals surface area contributed by atoms with Crippen LogP contribution in [0.4, 0.5) is 0 Å². The molecule has 0 saturated carbocycles. The fourth-order valence-corrected chi connectivity index (χ4v) is 4.15. The van der Waals surface area contributed by atoms with Crippen LogP contribution in [0.25, 0.3) is 11.6 Å². The van der Waals surface area contributed by atoms with Crippen LogP contribution in [0.5, 0.6) is 17.2 Å². The normalized spacial score (nSPS) is 15.9. The van der Waals surface area contributed by atoms with Gasteiger partial charge >= 0.3 is 0 Å². The molecule has 3 aromatic rings. The fourth-order valence-electron chi connectivity index (χ4n) is 4.15. The average molecular weight is 427 g/mol. The Bertz CT molecular complexity index is 1280. The van der Waals surface area contributed by atoms with Crippen LogP contribution in [-0.2, 0) is 11.3 Å². The first-order valence-electron chi connectivity index (χ1n) is 10.3. The summed E-state index contributed by atoms with van der Waals surface area (Å²) in [6.45, 7) is 3.91. The van der Waals surface area contributed by atoms with E-state index in [9.17, 15) is 14.7 Å². The molecule has 2 amide bonds. The summed E-state index contributed by atoms with van der Waals surface area (Å²) >= 11 is 0. The summed E-state index contributed by atoms with van der Waals surface area (Å²) in [5.41, 5.74) is 4.52. The van der Waals surface area contributed by atoms with Crippen LogP contribution >= 0.6 is 0 Å². The molecule has 0 aliphatic carbocycles. The molecule has 0 unspecified atom stereocenters. The summed E-state index contributed by atoms with van der Waals surface area (Å²) < 4.78 is 10.8. The van der Waals surface area contributed by atoms with Crippen LogP contribution in [0.3, 0.4) is 0 Å². The summed E-state index contributed by atoms with van der Waals surface area (Å²) in [5.74, 6) is 0.787. The summed E-state index contributed by atoms with van der Waals surface area (Å²) in [5, 5.41) is 10.1. The predicted molar refractivity (Wildman–Crippen MR) is 119 cm³/mol. The number of rotatable bonds is 3. The summed E-state index contributed by atoms with van der Waals surface area (Å²) in [4.78, 5) is 28.0. The van der Waals surface area contributed by atoms with Gasteiger partial charge in [0.25, 0.3) is 11.8 Å². The average Bonchev–Trinajstić information content (AvgIpc) is 3.26. The lowest BCUT2D eigenvalue weighted by Crippen LogP contribution is -2.41. The van der Waals surface area contributed by atoms with Crippen LogP contribution in [-0.4, -0.2) is 28.6 Å². The molecule has 0 saturated heterocycles. The molecule has 6 heteroatoms. The van der Waals surface area contributed by atoms with Gasteiger partial charge in [0.15, 0.2) is 11.5 Å². The third-order valence-electron chi connectivity index (χ3n) is 5.77. The first-order valence-corrected chi connectivity index (χ1v) is 10.3. The van der Waals surface area contributed by atoms with Crippen molar-refractivity contribution in [2.24, 2.45) is 0 Å². The van der Waals surface area contributed by atoms with E-state index in [0.717, 1.165) is 22.3 Å². The Kier molecular flexibility index (Phi) is 4.70. The zero-order chi connectivity index (χ0) is 22.4. The maximum atomic E-state index is 13.5. The fraction of sp³-hybridized carbons (Fsp3) is 0.154. The lowest BCUT2D eigenvalue weighted by molar-refractivity contribution is -0.123. The molecule has 160 valence electrons. The monoisotopic (exact) mass is 427 g/mol. The second-order valence-electron chi connectivity index (χ2n) is 7.99. The minimum Gasteiger partial charge on any atom is -0.507 e. The van der Waals surface area contributed by atoms with Crippen molar-refractivity contribution >= 4 is 23.5 Å². The van der Waals surface area contributed by atoms with Crippen molar-refractivity contribution in [3.63, 3.8) is 0 Å². The molecule has 0 aromatic heterocycles. The van der Waals surface area contributed by atoms with Crippen molar-refractivity contribution in [2.75, 3.05) is 6.79 Å². The van der Waals surface area contributed by atoms with E-state index in [2.05, 4.69) is 0 Å². The lowest BCUT2D eigenvalue weighted by Gasteiger charge is -2.29. The number of imide groups is 1. The van der Waals surface area contributed by atoms with Gasteiger partial charge < -0.3 is 14.6 Å². The number of amides is 2. The van der Waals surface area contributed by atoms with Crippen molar-refractivity contribution in [1.29, 1.82) is 0 Å². The molecule has 3 aromatic carbocycles. The molecule has 2 aliphatic heterocycles. The van der Waals surface area contributed by atoms with Crippen molar-refractivity contribution < 1.29 is 24.2 Å². The standard InChI is InChI=1S/C26H21NO5/c1-15-9-18(10-16(2)24(15)28)11-21-19-5-3-4-6-20(19)25(29)27(26(21)30)13-17-7-8-22-23(12-17)32-14-31-22/h3-12,28H,13-14H2,1-2H3/b21-11+. The maximum absolute atomic E-state index is 13.5. The molecule has 5 rings (SSSR count). The van der Waals surface area contributed by atoms with Gasteiger partial charge in [0.1, 0.15) is 5.75 Å². The highest BCUT2D eigenvalue weighted by Crippen LogP contribution is 2.35. The number of ether oxygens (including phenoxy) is 2. The minimum absolute atomic E-state index is 0.119. The van der Waals surface area contributed by atoms with Crippen LogP contribution in [0.15, 0.2) is 54.6 Å². The summed E-state index contributed by atoms with van der Waals surface area (Å²) in [7, 11) is 0. The summed E-state index contributed by atoms with van der Waals surface area (Å²) in [6, 6.07) is 16.2. The third kappa shape index (κ3) is 3.30. The number of benzene rings is 3. The Morgan fingerprint density at radius 2 is 1.59 bits per heavy atom. The van der Waals surface area contributed by atoms with Gasteiger partial charge in [-0.2, -0.15) is 0 Å². The third-order valence-corrected chi connectivity index (χ3v) is 5.77. The van der Waals surface area contributed by atoms with Crippen molar-refractivity contribution in [1.82, 2.24) is 4.90 Å². The number of hydrogen-bond acceptors (Lipinski definition) is 5. The number of aromatic hydroxyl groups is 1. The molecular weight excluding hydrogens is 406 g/mol. The highest BCUT2D eigenvalue weighted by molar-refractivity contribution is 6.33. The van der Waals surface area contributed by atoms with E-state index in [4.69, 9.17) is 9.47 Å². The molecule has 2 heterocycles. The number of fused-ring (bicyclic) bond motifs is 2. The van der Waals surface area contributed by atoms with Crippen molar-refractivity contribution in [2.45, 2.75) is 20.4 Å². The van der Waals surface area contributed by atoms with E-state index in [1.807, 2.05) is 38.1 Å². The van der Waals surface area contributed by atoms with Crippen molar-refractivity contribution in [3.8, 4) is 17.2 Å². The Morgan fingerprint density at radius 1 is 0.906 bits per heavy atom. The van der Waals surface area contributed by atoms with E-state index in [1.165, 1.54) is 4.90 Å². The molecule has 0 radical (unpaired) electrons. The van der Waals surface area contributed by atoms with Gasteiger partial charge in [0.2, 0.25) is 6.79 Å². The zero-order valence-corrected chi connectivity index (χ0v) is 17.7. The van der Waals surface area contributed by atoms with E-state index in [1.54, 1.807) is 36.4 Å². The van der Waals surface area contributed by atoms with Gasteiger partial charge in [-0.05, 0) is 78.1 Å². The SMILES string of the molecule is Cc1cc(/C=C2/C(=O)N(Cc3ccc4c(c3)OCO4)C(=O)c3ccccc32)cc(C)c1O. The maximum Gasteiger partial charge on any atom is 0.261 e. The second kappa shape index (κ2) is 7.57. The molecule has 0 spiro atoms. The van der Waals surface area contributed by atoms with Crippen LogP contribution < -0.4 is 9.47 Å². The number of nitrogens with zero attached hydrogens (tertiary/aromatic N) is 1. The predicted octanol–water partition coefficient (Wildman–Crippen LogP) is 4.46.